The molecule has 5 heteroatoms. The predicted octanol–water partition coefficient (Wildman–Crippen LogP) is 17.4. The molecule has 1 aliphatic rings. The van der Waals surface area contributed by atoms with Crippen LogP contribution in [0.25, 0.3) is 101 Å². The van der Waals surface area contributed by atoms with Crippen molar-refractivity contribution in [2.75, 3.05) is 0 Å². The first-order valence-electron chi connectivity index (χ1n) is 25.1. The number of aromatic nitrogens is 3. The van der Waals surface area contributed by atoms with Gasteiger partial charge in [-0.15, -0.1) is 0 Å². The number of aliphatic imine (C=N–C) groups is 1. The molecule has 0 saturated carbocycles. The summed E-state index contributed by atoms with van der Waals surface area (Å²) in [4.78, 5) is 21.0. The number of rotatable bonds is 13. The molecule has 11 rings (SSSR count). The number of hydrogen-bond acceptors (Lipinski definition) is 4. The SMILES string of the molecule is C=C(CC1[N-]C(c2cccc(-c3cccc(-c4cccc(-c5cccc(-c6nc(-c7ccccc7-c7ccccc7)nc(-c7ccccc7-c7ccccc7)n6)c5)c4)c3)c2)=NC(/C=C/C)[C@@H]1C)c1ccccc1. The van der Waals surface area contributed by atoms with Crippen LogP contribution >= 0.6 is 0 Å². The molecule has 1 aliphatic heterocycles. The van der Waals surface area contributed by atoms with Gasteiger partial charge in [0.05, 0.1) is 0 Å². The van der Waals surface area contributed by atoms with Gasteiger partial charge in [-0.2, -0.15) is 0 Å². The molecule has 1 aromatic heterocycles. The summed E-state index contributed by atoms with van der Waals surface area (Å²) in [5.41, 5.74) is 17.0. The van der Waals surface area contributed by atoms with Crippen molar-refractivity contribution in [3.8, 4) is 89.8 Å². The van der Waals surface area contributed by atoms with Crippen molar-refractivity contribution in [3.63, 3.8) is 0 Å². The Hall–Kier alpha value is -9.06. The number of hydrogen-bond donors (Lipinski definition) is 0. The van der Waals surface area contributed by atoms with Crippen molar-refractivity contribution in [1.29, 1.82) is 0 Å². The highest BCUT2D eigenvalue weighted by Crippen LogP contribution is 2.38. The van der Waals surface area contributed by atoms with Crippen LogP contribution in [0.5, 0.6) is 0 Å². The molecular formula is C68H54N5-. The molecule has 0 amide bonds. The summed E-state index contributed by atoms with van der Waals surface area (Å²) in [5, 5.41) is 5.31. The fourth-order valence-corrected chi connectivity index (χ4v) is 9.91. The third-order valence-electron chi connectivity index (χ3n) is 13.8. The van der Waals surface area contributed by atoms with Crippen molar-refractivity contribution in [2.24, 2.45) is 10.9 Å². The molecule has 2 unspecified atom stereocenters. The van der Waals surface area contributed by atoms with E-state index in [1.54, 1.807) is 0 Å². The van der Waals surface area contributed by atoms with E-state index in [1.807, 2.05) is 30.3 Å². The van der Waals surface area contributed by atoms with Crippen LogP contribution in [0.2, 0.25) is 0 Å². The van der Waals surface area contributed by atoms with Crippen molar-refractivity contribution < 1.29 is 0 Å². The lowest BCUT2D eigenvalue weighted by Gasteiger charge is -2.43. The maximum Gasteiger partial charge on any atom is 0.164 e. The Bertz CT molecular complexity index is 3530. The van der Waals surface area contributed by atoms with E-state index in [9.17, 15) is 0 Å². The van der Waals surface area contributed by atoms with Gasteiger partial charge in [-0.25, -0.2) is 15.0 Å². The fourth-order valence-electron chi connectivity index (χ4n) is 9.91. The second kappa shape index (κ2) is 21.1. The van der Waals surface area contributed by atoms with Gasteiger partial charge in [-0.05, 0) is 128 Å². The standard InChI is InChI=1S/C68H54N5/c1-4-22-63-47(3)64(41-46(2)48-23-8-5-9-24-48)70-65(69-63)57-35-20-33-55(44-57)53-31-18-29-51(42-53)52-30-19-32-54(43-52)56-34-21-36-58(45-56)66-71-67(61-39-16-14-37-59(61)49-25-10-6-11-26-49)73-68(72-66)62-40-17-15-38-60(62)50-27-12-7-13-28-50/h4-40,42-45,47,63-64H,2,41H2,1,3H3/q-1/b22-4+/t47-,63?,64?/m0/s1. The zero-order valence-electron chi connectivity index (χ0n) is 41.1. The zero-order chi connectivity index (χ0) is 49.5. The van der Waals surface area contributed by atoms with Crippen LogP contribution < -0.4 is 0 Å². The molecule has 0 aliphatic carbocycles. The molecule has 5 nitrogen and oxygen atoms in total. The third-order valence-corrected chi connectivity index (χ3v) is 13.8. The zero-order valence-corrected chi connectivity index (χ0v) is 41.1. The summed E-state index contributed by atoms with van der Waals surface area (Å²) in [7, 11) is 0. The monoisotopic (exact) mass is 940 g/mol. The van der Waals surface area contributed by atoms with Crippen LogP contribution in [0, 0.1) is 5.92 Å². The van der Waals surface area contributed by atoms with Crippen molar-refractivity contribution >= 4 is 11.4 Å². The molecule has 10 aromatic rings. The van der Waals surface area contributed by atoms with Gasteiger partial charge in [0.25, 0.3) is 0 Å². The van der Waals surface area contributed by atoms with E-state index in [2.05, 4.69) is 239 Å². The molecule has 9 aromatic carbocycles. The maximum atomic E-state index is 5.31. The Balaban J connectivity index is 0.916. The van der Waals surface area contributed by atoms with E-state index in [0.717, 1.165) is 101 Å². The Morgan fingerprint density at radius 3 is 1.27 bits per heavy atom. The van der Waals surface area contributed by atoms with Gasteiger partial charge in [0.1, 0.15) is 0 Å². The third kappa shape index (κ3) is 10.1. The number of nitrogens with zero attached hydrogens (tertiary/aromatic N) is 5. The summed E-state index contributed by atoms with van der Waals surface area (Å²) < 4.78 is 0. The molecular weight excluding hydrogens is 887 g/mol. The highest BCUT2D eigenvalue weighted by Gasteiger charge is 2.24. The van der Waals surface area contributed by atoms with Gasteiger partial charge in [0.2, 0.25) is 0 Å². The Kier molecular flexibility index (Phi) is 13.4. The van der Waals surface area contributed by atoms with Gasteiger partial charge in [0, 0.05) is 16.7 Å². The number of amidine groups is 1. The predicted molar refractivity (Wildman–Crippen MR) is 305 cm³/mol. The van der Waals surface area contributed by atoms with E-state index in [4.69, 9.17) is 25.3 Å². The highest BCUT2D eigenvalue weighted by atomic mass is 15.1. The van der Waals surface area contributed by atoms with E-state index < -0.39 is 0 Å². The van der Waals surface area contributed by atoms with Gasteiger partial charge in [0.15, 0.2) is 17.5 Å². The summed E-state index contributed by atoms with van der Waals surface area (Å²) in [5.74, 6) is 2.86. The first-order valence-corrected chi connectivity index (χ1v) is 25.1. The first-order chi connectivity index (χ1) is 36.0. The minimum absolute atomic E-state index is 0.0306. The van der Waals surface area contributed by atoms with E-state index >= 15 is 0 Å². The molecule has 0 spiro atoms. The Morgan fingerprint density at radius 2 is 0.795 bits per heavy atom. The van der Waals surface area contributed by atoms with Crippen molar-refractivity contribution in [2.45, 2.75) is 32.4 Å². The summed E-state index contributed by atoms with van der Waals surface area (Å²) in [6.45, 7) is 8.79. The topological polar surface area (TPSA) is 65.1 Å². The summed E-state index contributed by atoms with van der Waals surface area (Å²) in [6.07, 6.45) is 5.08. The molecule has 0 bridgehead atoms. The Morgan fingerprint density at radius 1 is 0.425 bits per heavy atom. The van der Waals surface area contributed by atoms with E-state index in [0.29, 0.717) is 17.5 Å². The van der Waals surface area contributed by atoms with Gasteiger partial charge in [-0.3, -0.25) is 0 Å². The van der Waals surface area contributed by atoms with Crippen LogP contribution in [0.3, 0.4) is 0 Å². The maximum absolute atomic E-state index is 5.31. The average molecular weight is 941 g/mol. The number of allylic oxidation sites excluding steroid dienone is 1. The van der Waals surface area contributed by atoms with Crippen LogP contribution in [0.15, 0.2) is 260 Å². The van der Waals surface area contributed by atoms with Crippen LogP contribution in [-0.2, 0) is 0 Å². The smallest absolute Gasteiger partial charge is 0.164 e. The van der Waals surface area contributed by atoms with E-state index in [1.165, 1.54) is 0 Å². The lowest BCUT2D eigenvalue weighted by Crippen LogP contribution is -2.34. The highest BCUT2D eigenvalue weighted by molar-refractivity contribution is 6.10. The van der Waals surface area contributed by atoms with Gasteiger partial charge < -0.3 is 10.3 Å². The molecule has 0 radical (unpaired) electrons. The second-order valence-corrected chi connectivity index (χ2v) is 18.7. The van der Waals surface area contributed by atoms with Crippen LogP contribution in [-0.4, -0.2) is 32.9 Å². The summed E-state index contributed by atoms with van der Waals surface area (Å²) >= 11 is 0. The van der Waals surface area contributed by atoms with Crippen molar-refractivity contribution in [3.05, 3.63) is 272 Å². The second-order valence-electron chi connectivity index (χ2n) is 18.7. The van der Waals surface area contributed by atoms with E-state index in [-0.39, 0.29) is 18.0 Å². The largest absolute Gasteiger partial charge is 0.461 e. The van der Waals surface area contributed by atoms with Crippen LogP contribution in [0.4, 0.5) is 0 Å². The Labute approximate surface area is 429 Å². The normalized spacial score (nSPS) is 15.4. The minimum atomic E-state index is 0.0306. The lowest BCUT2D eigenvalue weighted by molar-refractivity contribution is 0.447. The van der Waals surface area contributed by atoms with Gasteiger partial charge in [-0.1, -0.05) is 244 Å². The fraction of sp³-hybridized carbons (Fsp3) is 0.0882. The molecule has 0 fully saturated rings. The lowest BCUT2D eigenvalue weighted by atomic mass is 9.85. The minimum Gasteiger partial charge on any atom is -0.461 e. The summed E-state index contributed by atoms with van der Waals surface area (Å²) in [6, 6.07) is 82.8. The molecule has 352 valence electrons. The molecule has 73 heavy (non-hydrogen) atoms. The van der Waals surface area contributed by atoms with Gasteiger partial charge >= 0.3 is 0 Å². The number of benzene rings is 9. The molecule has 3 atom stereocenters. The van der Waals surface area contributed by atoms with Crippen molar-refractivity contribution in [1.82, 2.24) is 15.0 Å². The van der Waals surface area contributed by atoms with Crippen LogP contribution in [0.1, 0.15) is 31.4 Å². The molecule has 2 heterocycles. The molecule has 0 N–H and O–H groups in total. The average Bonchev–Trinajstić information content (AvgIpc) is 3.47. The quantitative estimate of drug-likeness (QED) is 0.108. The first kappa shape index (κ1) is 46.3. The molecule has 0 saturated heterocycles.